The molecule has 0 heterocycles. The summed E-state index contributed by atoms with van der Waals surface area (Å²) in [5.74, 6) is 1.48. The summed E-state index contributed by atoms with van der Waals surface area (Å²) in [5, 5.41) is 20.9. The number of rotatable bonds is 5. The fourth-order valence-corrected chi connectivity index (χ4v) is 9.08. The Balaban J connectivity index is 1.62. The number of carbonyl (C=O) groups is 1. The van der Waals surface area contributed by atoms with Crippen LogP contribution in [0.2, 0.25) is 0 Å². The Hall–Kier alpha value is -1.09. The van der Waals surface area contributed by atoms with Crippen LogP contribution in [0.15, 0.2) is 22.8 Å². The molecule has 180 valence electrons. The van der Waals surface area contributed by atoms with E-state index in [0.717, 1.165) is 37.5 Å². The summed E-state index contributed by atoms with van der Waals surface area (Å²) >= 11 is 0. The Morgan fingerprint density at radius 1 is 1.09 bits per heavy atom. The maximum absolute atomic E-state index is 12.3. The molecular formula is C29H46O3. The van der Waals surface area contributed by atoms with Crippen LogP contribution in [0.3, 0.4) is 0 Å². The lowest BCUT2D eigenvalue weighted by Crippen LogP contribution is -2.58. The molecule has 0 aromatic heterocycles. The first kappa shape index (κ1) is 24.0. The molecule has 4 aliphatic rings. The Bertz CT molecular complexity index is 820. The number of carboxylic acids is 1. The Labute approximate surface area is 195 Å². The summed E-state index contributed by atoms with van der Waals surface area (Å²) in [6.45, 7) is 13.6. The number of aliphatic hydroxyl groups excluding tert-OH is 1. The molecule has 2 saturated carbocycles. The number of aliphatic hydroxyl groups is 1. The number of fused-ring (bicyclic) bond motifs is 4. The lowest BCUT2D eigenvalue weighted by molar-refractivity contribution is -0.175. The molecular weight excluding hydrogens is 396 g/mol. The highest BCUT2D eigenvalue weighted by Gasteiger charge is 2.62. The molecule has 0 saturated heterocycles. The summed E-state index contributed by atoms with van der Waals surface area (Å²) in [7, 11) is 0. The molecule has 3 nitrogen and oxygen atoms in total. The van der Waals surface area contributed by atoms with Crippen molar-refractivity contribution in [3.05, 3.63) is 22.8 Å². The standard InChI is InChI=1S/C29H46O3/c1-18(2)8-7-9-19(3)21-11-12-22-20-10-13-24-28(5,23(20)14-16-27(21,22)4)17-15-25(30)29(24,6)26(31)32/h8,19,21-22,24-25,30H,7,9-17H2,1-6H3,(H,31,32)/t19-,21-,22+,24?,25+,27-,28-,29+/m1/s1. The number of hydrogen-bond acceptors (Lipinski definition) is 2. The van der Waals surface area contributed by atoms with Crippen molar-refractivity contribution in [1.29, 1.82) is 0 Å². The normalized spacial score (nSPS) is 44.3. The first-order valence-corrected chi connectivity index (χ1v) is 13.2. The number of allylic oxidation sites excluding steroid dienone is 4. The molecule has 0 spiro atoms. The monoisotopic (exact) mass is 442 g/mol. The molecule has 0 aromatic rings. The van der Waals surface area contributed by atoms with Crippen LogP contribution < -0.4 is 0 Å². The van der Waals surface area contributed by atoms with Gasteiger partial charge in [0.05, 0.1) is 11.5 Å². The molecule has 0 amide bonds. The molecule has 2 fully saturated rings. The van der Waals surface area contributed by atoms with Crippen LogP contribution >= 0.6 is 0 Å². The van der Waals surface area contributed by atoms with Gasteiger partial charge in [0.1, 0.15) is 0 Å². The maximum atomic E-state index is 12.3. The average Bonchev–Trinajstić information content (AvgIpc) is 3.08. The van der Waals surface area contributed by atoms with Crippen LogP contribution in [-0.4, -0.2) is 22.3 Å². The van der Waals surface area contributed by atoms with Gasteiger partial charge >= 0.3 is 5.97 Å². The van der Waals surface area contributed by atoms with Crippen LogP contribution in [0.1, 0.15) is 106 Å². The van der Waals surface area contributed by atoms with Gasteiger partial charge in [-0.25, -0.2) is 0 Å². The van der Waals surface area contributed by atoms with Gasteiger partial charge in [0.2, 0.25) is 0 Å². The van der Waals surface area contributed by atoms with E-state index in [4.69, 9.17) is 0 Å². The molecule has 2 N–H and O–H groups in total. The van der Waals surface area contributed by atoms with Gasteiger partial charge in [-0.3, -0.25) is 4.79 Å². The number of aliphatic carboxylic acids is 1. The summed E-state index contributed by atoms with van der Waals surface area (Å²) in [6.07, 6.45) is 12.7. The predicted molar refractivity (Wildman–Crippen MR) is 130 cm³/mol. The van der Waals surface area contributed by atoms with Crippen LogP contribution in [0.5, 0.6) is 0 Å². The minimum Gasteiger partial charge on any atom is -0.481 e. The van der Waals surface area contributed by atoms with E-state index < -0.39 is 17.5 Å². The van der Waals surface area contributed by atoms with Crippen LogP contribution in [-0.2, 0) is 4.79 Å². The van der Waals surface area contributed by atoms with Crippen molar-refractivity contribution in [3.8, 4) is 0 Å². The molecule has 3 heteroatoms. The first-order valence-electron chi connectivity index (χ1n) is 13.2. The third kappa shape index (κ3) is 3.44. The predicted octanol–water partition coefficient (Wildman–Crippen LogP) is 7.15. The third-order valence-electron chi connectivity index (χ3n) is 11.0. The van der Waals surface area contributed by atoms with Crippen molar-refractivity contribution in [2.45, 2.75) is 112 Å². The quantitative estimate of drug-likeness (QED) is 0.444. The van der Waals surface area contributed by atoms with E-state index in [1.54, 1.807) is 11.1 Å². The lowest BCUT2D eigenvalue weighted by atomic mass is 9.45. The largest absolute Gasteiger partial charge is 0.481 e. The zero-order valence-electron chi connectivity index (χ0n) is 21.3. The van der Waals surface area contributed by atoms with Crippen molar-refractivity contribution >= 4 is 5.97 Å². The van der Waals surface area contributed by atoms with Gasteiger partial charge in [0.25, 0.3) is 0 Å². The second kappa shape index (κ2) is 8.29. The summed E-state index contributed by atoms with van der Waals surface area (Å²) in [4.78, 5) is 12.3. The Morgan fingerprint density at radius 3 is 2.47 bits per heavy atom. The second-order valence-corrected chi connectivity index (χ2v) is 12.7. The van der Waals surface area contributed by atoms with Gasteiger partial charge in [-0.15, -0.1) is 0 Å². The first-order chi connectivity index (χ1) is 15.0. The van der Waals surface area contributed by atoms with Crippen LogP contribution in [0, 0.1) is 39.9 Å². The van der Waals surface area contributed by atoms with Gasteiger partial charge in [-0.05, 0) is 119 Å². The van der Waals surface area contributed by atoms with Gasteiger partial charge in [0.15, 0.2) is 0 Å². The average molecular weight is 443 g/mol. The van der Waals surface area contributed by atoms with Gasteiger partial charge in [-0.2, -0.15) is 0 Å². The van der Waals surface area contributed by atoms with Gasteiger partial charge in [0, 0.05) is 0 Å². The number of hydrogen-bond donors (Lipinski definition) is 2. The molecule has 0 aromatic carbocycles. The van der Waals surface area contributed by atoms with Gasteiger partial charge < -0.3 is 10.2 Å². The highest BCUT2D eigenvalue weighted by molar-refractivity contribution is 5.76. The molecule has 0 bridgehead atoms. The zero-order chi connectivity index (χ0) is 23.5. The highest BCUT2D eigenvalue weighted by Crippen LogP contribution is 2.68. The second-order valence-electron chi connectivity index (χ2n) is 12.7. The minimum absolute atomic E-state index is 0.0413. The van der Waals surface area contributed by atoms with Crippen molar-refractivity contribution in [1.82, 2.24) is 0 Å². The third-order valence-corrected chi connectivity index (χ3v) is 11.0. The number of carboxylic acid groups (broad SMARTS) is 1. The van der Waals surface area contributed by atoms with E-state index in [9.17, 15) is 15.0 Å². The van der Waals surface area contributed by atoms with Crippen molar-refractivity contribution in [2.24, 2.45) is 39.9 Å². The molecule has 0 aliphatic heterocycles. The Morgan fingerprint density at radius 2 is 1.81 bits per heavy atom. The van der Waals surface area contributed by atoms with Gasteiger partial charge in [-0.1, -0.05) is 43.6 Å². The summed E-state index contributed by atoms with van der Waals surface area (Å²) < 4.78 is 0. The van der Waals surface area contributed by atoms with E-state index in [1.807, 2.05) is 6.92 Å². The van der Waals surface area contributed by atoms with E-state index in [1.165, 1.54) is 37.7 Å². The smallest absolute Gasteiger partial charge is 0.312 e. The molecule has 32 heavy (non-hydrogen) atoms. The fraction of sp³-hybridized carbons (Fsp3) is 0.828. The van der Waals surface area contributed by atoms with E-state index >= 15 is 0 Å². The molecule has 4 rings (SSSR count). The minimum atomic E-state index is -1.02. The SMILES string of the molecule is CC(C)=CCC[C@@H](C)[C@H]1CC[C@H]2C3=C(CC[C@]12C)[C@@]1(C)CC[C@H](O)[C@@](C)(C(=O)O)C1CC3. The maximum Gasteiger partial charge on any atom is 0.312 e. The molecule has 4 aliphatic carbocycles. The molecule has 8 atom stereocenters. The fourth-order valence-electron chi connectivity index (χ4n) is 9.08. The van der Waals surface area contributed by atoms with Crippen LogP contribution in [0.4, 0.5) is 0 Å². The zero-order valence-corrected chi connectivity index (χ0v) is 21.3. The molecule has 0 radical (unpaired) electrons. The van der Waals surface area contributed by atoms with Crippen molar-refractivity contribution in [3.63, 3.8) is 0 Å². The van der Waals surface area contributed by atoms with Crippen molar-refractivity contribution in [2.75, 3.05) is 0 Å². The summed E-state index contributed by atoms with van der Waals surface area (Å²) in [5.41, 5.74) is 4.06. The topological polar surface area (TPSA) is 57.5 Å². The van der Waals surface area contributed by atoms with E-state index in [-0.39, 0.29) is 11.3 Å². The molecule has 1 unspecified atom stereocenters. The van der Waals surface area contributed by atoms with Crippen molar-refractivity contribution < 1.29 is 15.0 Å². The van der Waals surface area contributed by atoms with E-state index in [0.29, 0.717) is 17.8 Å². The Kier molecular flexibility index (Phi) is 6.23. The summed E-state index contributed by atoms with van der Waals surface area (Å²) in [6, 6.07) is 0. The van der Waals surface area contributed by atoms with E-state index in [2.05, 4.69) is 40.7 Å². The highest BCUT2D eigenvalue weighted by atomic mass is 16.4. The van der Waals surface area contributed by atoms with Crippen LogP contribution in [0.25, 0.3) is 0 Å². The lowest BCUT2D eigenvalue weighted by Gasteiger charge is -2.59.